The third-order valence-electron chi connectivity index (χ3n) is 2.28. The van der Waals surface area contributed by atoms with Crippen LogP contribution in [0.25, 0.3) is 0 Å². The molecule has 0 bridgehead atoms. The minimum absolute atomic E-state index is 0.244. The number of hydrogen-bond donors (Lipinski definition) is 2. The summed E-state index contributed by atoms with van der Waals surface area (Å²) >= 11 is 0. The highest BCUT2D eigenvalue weighted by Gasteiger charge is 2.04. The lowest BCUT2D eigenvalue weighted by Crippen LogP contribution is -1.97. The van der Waals surface area contributed by atoms with Gasteiger partial charge in [-0.1, -0.05) is 0 Å². The van der Waals surface area contributed by atoms with Crippen LogP contribution in [0.2, 0.25) is 0 Å². The minimum atomic E-state index is -0.404. The number of nitrogens with two attached hydrogens (primary N) is 1. The zero-order valence-corrected chi connectivity index (χ0v) is 9.98. The van der Waals surface area contributed by atoms with Crippen LogP contribution in [0.4, 0.5) is 21.5 Å². The fourth-order valence-corrected chi connectivity index (χ4v) is 1.54. The number of halogens is 1. The van der Waals surface area contributed by atoms with Gasteiger partial charge in [-0.25, -0.2) is 4.39 Å². The maximum atomic E-state index is 13.6. The molecule has 1 heterocycles. The summed E-state index contributed by atoms with van der Waals surface area (Å²) in [6.45, 7) is 2.24. The van der Waals surface area contributed by atoms with E-state index in [4.69, 9.17) is 10.5 Å². The molecule has 2 aromatic rings. The number of rotatable bonds is 4. The fourth-order valence-electron chi connectivity index (χ4n) is 1.54. The standard InChI is InChI=1S/C13H14FN3O/c1-2-18-13-4-3-10(6-12(13)14)17-11-5-9(15)7-16-8-11/h3-8,17H,2,15H2,1H3. The Bertz CT molecular complexity index is 546. The van der Waals surface area contributed by atoms with Gasteiger partial charge in [0.05, 0.1) is 24.2 Å². The number of aromatic nitrogens is 1. The van der Waals surface area contributed by atoms with Gasteiger partial charge in [-0.2, -0.15) is 0 Å². The highest BCUT2D eigenvalue weighted by Crippen LogP contribution is 2.24. The average molecular weight is 247 g/mol. The van der Waals surface area contributed by atoms with E-state index < -0.39 is 5.82 Å². The molecule has 0 amide bonds. The number of hydrogen-bond acceptors (Lipinski definition) is 4. The zero-order chi connectivity index (χ0) is 13.0. The molecule has 18 heavy (non-hydrogen) atoms. The lowest BCUT2D eigenvalue weighted by Gasteiger charge is -2.09. The van der Waals surface area contributed by atoms with Crippen LogP contribution < -0.4 is 15.8 Å². The van der Waals surface area contributed by atoms with E-state index in [0.717, 1.165) is 0 Å². The molecule has 0 aliphatic rings. The molecule has 0 aliphatic carbocycles. The molecule has 0 aliphatic heterocycles. The molecule has 0 saturated heterocycles. The lowest BCUT2D eigenvalue weighted by molar-refractivity contribution is 0.321. The second-order valence-electron chi connectivity index (χ2n) is 3.71. The molecule has 0 radical (unpaired) electrons. The number of nitrogen functional groups attached to an aromatic ring is 1. The number of ether oxygens (including phenoxy) is 1. The number of anilines is 3. The van der Waals surface area contributed by atoms with Gasteiger partial charge in [0, 0.05) is 18.0 Å². The summed E-state index contributed by atoms with van der Waals surface area (Å²) in [5.74, 6) is -0.160. The van der Waals surface area contributed by atoms with Crippen LogP contribution in [-0.4, -0.2) is 11.6 Å². The quantitative estimate of drug-likeness (QED) is 0.872. The normalized spacial score (nSPS) is 10.1. The molecule has 0 spiro atoms. The third-order valence-corrected chi connectivity index (χ3v) is 2.28. The van der Waals surface area contributed by atoms with E-state index in [-0.39, 0.29) is 5.75 Å². The van der Waals surface area contributed by atoms with Crippen molar-refractivity contribution in [2.75, 3.05) is 17.7 Å². The molecule has 4 nitrogen and oxygen atoms in total. The van der Waals surface area contributed by atoms with Crippen LogP contribution in [0.3, 0.4) is 0 Å². The summed E-state index contributed by atoms with van der Waals surface area (Å²) in [6, 6.07) is 6.41. The Labute approximate surface area is 105 Å². The van der Waals surface area contributed by atoms with Crippen molar-refractivity contribution in [3.63, 3.8) is 0 Å². The Kier molecular flexibility index (Phi) is 3.62. The second kappa shape index (κ2) is 5.35. The lowest BCUT2D eigenvalue weighted by atomic mass is 10.2. The zero-order valence-electron chi connectivity index (χ0n) is 9.98. The van der Waals surface area contributed by atoms with Crippen molar-refractivity contribution in [2.45, 2.75) is 6.92 Å². The topological polar surface area (TPSA) is 60.2 Å². The summed E-state index contributed by atoms with van der Waals surface area (Å²) in [5, 5.41) is 3.02. The molecule has 2 rings (SSSR count). The Hall–Kier alpha value is -2.30. The maximum absolute atomic E-state index is 13.6. The van der Waals surface area contributed by atoms with E-state index in [9.17, 15) is 4.39 Å². The summed E-state index contributed by atoms with van der Waals surface area (Å²) in [5.41, 5.74) is 7.48. The largest absolute Gasteiger partial charge is 0.491 e. The van der Waals surface area contributed by atoms with Gasteiger partial charge in [-0.3, -0.25) is 4.98 Å². The van der Waals surface area contributed by atoms with Crippen molar-refractivity contribution >= 4 is 17.1 Å². The van der Waals surface area contributed by atoms with Gasteiger partial charge < -0.3 is 15.8 Å². The van der Waals surface area contributed by atoms with E-state index in [1.807, 2.05) is 6.92 Å². The first kappa shape index (κ1) is 12.2. The van der Waals surface area contributed by atoms with Gasteiger partial charge in [0.15, 0.2) is 11.6 Å². The van der Waals surface area contributed by atoms with Gasteiger partial charge in [0.1, 0.15) is 0 Å². The molecule has 0 fully saturated rings. The maximum Gasteiger partial charge on any atom is 0.167 e. The van der Waals surface area contributed by atoms with Crippen molar-refractivity contribution in [3.8, 4) is 5.75 Å². The first-order chi connectivity index (χ1) is 8.69. The molecule has 94 valence electrons. The Balaban J connectivity index is 2.17. The smallest absolute Gasteiger partial charge is 0.167 e. The molecular weight excluding hydrogens is 233 g/mol. The number of benzene rings is 1. The average Bonchev–Trinajstić information content (AvgIpc) is 2.33. The van der Waals surface area contributed by atoms with E-state index in [2.05, 4.69) is 10.3 Å². The molecule has 0 unspecified atom stereocenters. The van der Waals surface area contributed by atoms with Crippen molar-refractivity contribution in [2.24, 2.45) is 0 Å². The number of nitrogens with zero attached hydrogens (tertiary/aromatic N) is 1. The van der Waals surface area contributed by atoms with Gasteiger partial charge >= 0.3 is 0 Å². The summed E-state index contributed by atoms with van der Waals surface area (Å²) in [4.78, 5) is 3.94. The number of nitrogens with one attached hydrogen (secondary N) is 1. The number of pyridine rings is 1. The molecule has 1 aromatic carbocycles. The first-order valence-corrected chi connectivity index (χ1v) is 5.59. The first-order valence-electron chi connectivity index (χ1n) is 5.59. The predicted octanol–water partition coefficient (Wildman–Crippen LogP) is 2.95. The van der Waals surface area contributed by atoms with E-state index >= 15 is 0 Å². The van der Waals surface area contributed by atoms with Crippen LogP contribution >= 0.6 is 0 Å². The summed E-state index contributed by atoms with van der Waals surface area (Å²) in [6.07, 6.45) is 3.16. The van der Waals surface area contributed by atoms with Gasteiger partial charge in [-0.05, 0) is 25.1 Å². The van der Waals surface area contributed by atoms with E-state index in [1.165, 1.54) is 6.07 Å². The second-order valence-corrected chi connectivity index (χ2v) is 3.71. The van der Waals surface area contributed by atoms with E-state index in [0.29, 0.717) is 23.7 Å². The Morgan fingerprint density at radius 2 is 2.11 bits per heavy atom. The van der Waals surface area contributed by atoms with E-state index in [1.54, 1.807) is 30.6 Å². The highest BCUT2D eigenvalue weighted by atomic mass is 19.1. The van der Waals surface area contributed by atoms with Crippen LogP contribution in [-0.2, 0) is 0 Å². The fraction of sp³-hybridized carbons (Fsp3) is 0.154. The van der Waals surface area contributed by atoms with Crippen molar-refractivity contribution in [3.05, 3.63) is 42.5 Å². The van der Waals surface area contributed by atoms with Crippen LogP contribution in [0.5, 0.6) is 5.75 Å². The third kappa shape index (κ3) is 2.88. The minimum Gasteiger partial charge on any atom is -0.491 e. The molecule has 1 aromatic heterocycles. The van der Waals surface area contributed by atoms with Crippen LogP contribution in [0.1, 0.15) is 6.92 Å². The summed E-state index contributed by atoms with van der Waals surface area (Å²) < 4.78 is 18.7. The highest BCUT2D eigenvalue weighted by molar-refractivity contribution is 5.62. The predicted molar refractivity (Wildman–Crippen MR) is 69.5 cm³/mol. The van der Waals surface area contributed by atoms with Crippen LogP contribution in [0, 0.1) is 5.82 Å². The molecular formula is C13H14FN3O. The molecule has 5 heteroatoms. The SMILES string of the molecule is CCOc1ccc(Nc2cncc(N)c2)cc1F. The van der Waals surface area contributed by atoms with Crippen molar-refractivity contribution < 1.29 is 9.13 Å². The van der Waals surface area contributed by atoms with Gasteiger partial charge in [-0.15, -0.1) is 0 Å². The Morgan fingerprint density at radius 1 is 1.28 bits per heavy atom. The van der Waals surface area contributed by atoms with Gasteiger partial charge in [0.2, 0.25) is 0 Å². The summed E-state index contributed by atoms with van der Waals surface area (Å²) in [7, 11) is 0. The monoisotopic (exact) mass is 247 g/mol. The van der Waals surface area contributed by atoms with Crippen molar-refractivity contribution in [1.82, 2.24) is 4.98 Å². The molecule has 3 N–H and O–H groups in total. The molecule has 0 saturated carbocycles. The molecule has 0 atom stereocenters. The van der Waals surface area contributed by atoms with Crippen LogP contribution in [0.15, 0.2) is 36.7 Å². The van der Waals surface area contributed by atoms with Crippen molar-refractivity contribution in [1.29, 1.82) is 0 Å². The van der Waals surface area contributed by atoms with Gasteiger partial charge in [0.25, 0.3) is 0 Å². The Morgan fingerprint density at radius 3 is 2.78 bits per heavy atom.